The Morgan fingerprint density at radius 2 is 2.08 bits per heavy atom. The van der Waals surface area contributed by atoms with Crippen molar-refractivity contribution in [1.29, 1.82) is 0 Å². The fourth-order valence-electron chi connectivity index (χ4n) is 3.01. The largest absolute Gasteiger partial charge is 0.346 e. The van der Waals surface area contributed by atoms with Crippen LogP contribution in [0.2, 0.25) is 0 Å². The fourth-order valence-corrected chi connectivity index (χ4v) is 4.69. The number of fused-ring (bicyclic) bond motifs is 1. The number of hydrogen-bond acceptors (Lipinski definition) is 6. The van der Waals surface area contributed by atoms with E-state index in [-0.39, 0.29) is 5.91 Å². The Kier molecular flexibility index (Phi) is 5.10. The van der Waals surface area contributed by atoms with Crippen molar-refractivity contribution < 1.29 is 4.79 Å². The zero-order chi connectivity index (χ0) is 17.9. The fraction of sp³-hybridized carbons (Fsp3) is 0.316. The molecule has 26 heavy (non-hydrogen) atoms. The maximum Gasteiger partial charge on any atom is 0.282 e. The van der Waals surface area contributed by atoms with E-state index in [1.54, 1.807) is 0 Å². The van der Waals surface area contributed by atoms with Crippen molar-refractivity contribution in [1.82, 2.24) is 20.4 Å². The minimum atomic E-state index is -0.159. The third-order valence-electron chi connectivity index (χ3n) is 4.48. The summed E-state index contributed by atoms with van der Waals surface area (Å²) in [6, 6.07) is 10.3. The molecule has 7 heteroatoms. The van der Waals surface area contributed by atoms with Crippen molar-refractivity contribution >= 4 is 28.6 Å². The molecule has 3 aromatic rings. The van der Waals surface area contributed by atoms with E-state index >= 15 is 0 Å². The third kappa shape index (κ3) is 4.00. The lowest BCUT2D eigenvalue weighted by molar-refractivity contribution is 0.0950. The molecule has 1 amide bonds. The SMILES string of the molecule is Cc1ccc(CNC(=O)c2nnc(CN3CCc4sccc4C3)s2)cc1. The number of thiophene rings is 1. The van der Waals surface area contributed by atoms with E-state index in [1.165, 1.54) is 27.3 Å². The molecule has 1 N–H and O–H groups in total. The van der Waals surface area contributed by atoms with Crippen LogP contribution in [0.4, 0.5) is 0 Å². The number of carbonyl (C=O) groups is 1. The van der Waals surface area contributed by atoms with Gasteiger partial charge >= 0.3 is 0 Å². The first-order valence-electron chi connectivity index (χ1n) is 8.61. The Bertz CT molecular complexity index is 900. The summed E-state index contributed by atoms with van der Waals surface area (Å²) in [5, 5.41) is 14.7. The Balaban J connectivity index is 1.32. The van der Waals surface area contributed by atoms with Crippen LogP contribution in [0.15, 0.2) is 35.7 Å². The predicted octanol–water partition coefficient (Wildman–Crippen LogP) is 3.40. The van der Waals surface area contributed by atoms with Gasteiger partial charge in [-0.2, -0.15) is 0 Å². The summed E-state index contributed by atoms with van der Waals surface area (Å²) in [7, 11) is 0. The summed E-state index contributed by atoms with van der Waals surface area (Å²) in [5.41, 5.74) is 3.71. The van der Waals surface area contributed by atoms with Gasteiger partial charge in [0.15, 0.2) is 0 Å². The van der Waals surface area contributed by atoms with Crippen LogP contribution in [-0.4, -0.2) is 27.5 Å². The molecule has 0 aliphatic carbocycles. The maximum atomic E-state index is 12.3. The summed E-state index contributed by atoms with van der Waals surface area (Å²) >= 11 is 3.22. The second kappa shape index (κ2) is 7.65. The standard InChI is InChI=1S/C19H20N4OS2/c1-13-2-4-14(5-3-13)10-20-18(24)19-22-21-17(26-19)12-23-8-6-16-15(11-23)7-9-25-16/h2-5,7,9H,6,8,10-12H2,1H3,(H,20,24). The van der Waals surface area contributed by atoms with Gasteiger partial charge in [-0.25, -0.2) is 0 Å². The first-order valence-corrected chi connectivity index (χ1v) is 10.3. The van der Waals surface area contributed by atoms with E-state index in [9.17, 15) is 4.79 Å². The summed E-state index contributed by atoms with van der Waals surface area (Å²) < 4.78 is 0. The first kappa shape index (κ1) is 17.3. The monoisotopic (exact) mass is 384 g/mol. The topological polar surface area (TPSA) is 58.1 Å². The van der Waals surface area contributed by atoms with Crippen molar-refractivity contribution in [2.75, 3.05) is 6.54 Å². The molecule has 0 spiro atoms. The van der Waals surface area contributed by atoms with Gasteiger partial charge in [0.25, 0.3) is 5.91 Å². The Labute approximate surface area is 160 Å². The molecule has 5 nitrogen and oxygen atoms in total. The molecule has 0 radical (unpaired) electrons. The number of rotatable bonds is 5. The van der Waals surface area contributed by atoms with E-state index < -0.39 is 0 Å². The number of benzene rings is 1. The van der Waals surface area contributed by atoms with Crippen LogP contribution in [0.3, 0.4) is 0 Å². The third-order valence-corrected chi connectivity index (χ3v) is 6.41. The highest BCUT2D eigenvalue weighted by Gasteiger charge is 2.20. The van der Waals surface area contributed by atoms with Crippen LogP contribution < -0.4 is 5.32 Å². The van der Waals surface area contributed by atoms with Crippen LogP contribution in [-0.2, 0) is 26.1 Å². The van der Waals surface area contributed by atoms with Gasteiger partial charge in [0.1, 0.15) is 5.01 Å². The van der Waals surface area contributed by atoms with Crippen molar-refractivity contribution in [2.45, 2.75) is 33.0 Å². The van der Waals surface area contributed by atoms with E-state index in [4.69, 9.17) is 0 Å². The summed E-state index contributed by atoms with van der Waals surface area (Å²) in [4.78, 5) is 16.2. The highest BCUT2D eigenvalue weighted by Crippen LogP contribution is 2.25. The van der Waals surface area contributed by atoms with Gasteiger partial charge in [0, 0.05) is 24.5 Å². The summed E-state index contributed by atoms with van der Waals surface area (Å²) in [6.45, 7) is 5.28. The average Bonchev–Trinajstić information content (AvgIpc) is 3.30. The molecule has 1 aliphatic rings. The van der Waals surface area contributed by atoms with Crippen molar-refractivity contribution in [3.8, 4) is 0 Å². The van der Waals surface area contributed by atoms with Crippen molar-refractivity contribution in [3.63, 3.8) is 0 Å². The number of amides is 1. The second-order valence-electron chi connectivity index (χ2n) is 6.50. The van der Waals surface area contributed by atoms with Crippen LogP contribution in [0.5, 0.6) is 0 Å². The minimum absolute atomic E-state index is 0.159. The van der Waals surface area contributed by atoms with Gasteiger partial charge in [-0.3, -0.25) is 9.69 Å². The molecule has 0 fully saturated rings. The lowest BCUT2D eigenvalue weighted by Gasteiger charge is -2.25. The molecule has 3 heterocycles. The summed E-state index contributed by atoms with van der Waals surface area (Å²) in [6.07, 6.45) is 1.09. The number of nitrogens with one attached hydrogen (secondary N) is 1. The number of carbonyl (C=O) groups excluding carboxylic acids is 1. The number of aryl methyl sites for hydroxylation is 1. The Morgan fingerprint density at radius 1 is 1.23 bits per heavy atom. The number of hydrogen-bond donors (Lipinski definition) is 1. The van der Waals surface area contributed by atoms with Gasteiger partial charge in [-0.1, -0.05) is 41.2 Å². The van der Waals surface area contributed by atoms with Gasteiger partial charge in [0.2, 0.25) is 5.01 Å². The molecule has 0 atom stereocenters. The molecule has 1 aromatic carbocycles. The van der Waals surface area contributed by atoms with E-state index in [2.05, 4.69) is 31.9 Å². The van der Waals surface area contributed by atoms with E-state index in [0.717, 1.165) is 36.6 Å². The van der Waals surface area contributed by atoms with E-state index in [0.29, 0.717) is 11.6 Å². The van der Waals surface area contributed by atoms with Gasteiger partial charge < -0.3 is 5.32 Å². The molecule has 0 saturated carbocycles. The number of nitrogens with zero attached hydrogens (tertiary/aromatic N) is 3. The first-order chi connectivity index (χ1) is 12.7. The normalized spacial score (nSPS) is 14.2. The molecule has 0 bridgehead atoms. The molecular weight excluding hydrogens is 364 g/mol. The van der Waals surface area contributed by atoms with Crippen molar-refractivity contribution in [2.24, 2.45) is 0 Å². The lowest BCUT2D eigenvalue weighted by atomic mass is 10.1. The van der Waals surface area contributed by atoms with Crippen LogP contribution in [0.25, 0.3) is 0 Å². The molecule has 2 aromatic heterocycles. The van der Waals surface area contributed by atoms with Crippen LogP contribution in [0, 0.1) is 6.92 Å². The molecule has 0 saturated heterocycles. The molecule has 4 rings (SSSR count). The van der Waals surface area contributed by atoms with Crippen LogP contribution >= 0.6 is 22.7 Å². The van der Waals surface area contributed by atoms with Crippen LogP contribution in [0.1, 0.15) is 36.4 Å². The van der Waals surface area contributed by atoms with E-state index in [1.807, 2.05) is 42.5 Å². The molecule has 134 valence electrons. The zero-order valence-corrected chi connectivity index (χ0v) is 16.2. The maximum absolute atomic E-state index is 12.3. The molecular formula is C19H20N4OS2. The minimum Gasteiger partial charge on any atom is -0.346 e. The van der Waals surface area contributed by atoms with Gasteiger partial charge in [-0.15, -0.1) is 21.5 Å². The van der Waals surface area contributed by atoms with Crippen molar-refractivity contribution in [3.05, 3.63) is 67.3 Å². The Hall–Kier alpha value is -2.09. The zero-order valence-electron chi connectivity index (χ0n) is 14.6. The highest BCUT2D eigenvalue weighted by molar-refractivity contribution is 7.13. The van der Waals surface area contributed by atoms with Gasteiger partial charge in [-0.05, 0) is 35.9 Å². The number of aromatic nitrogens is 2. The molecule has 0 unspecified atom stereocenters. The molecule has 1 aliphatic heterocycles. The second-order valence-corrected chi connectivity index (χ2v) is 8.56. The highest BCUT2D eigenvalue weighted by atomic mass is 32.1. The Morgan fingerprint density at radius 3 is 2.92 bits per heavy atom. The average molecular weight is 385 g/mol. The predicted molar refractivity (Wildman–Crippen MR) is 104 cm³/mol. The lowest BCUT2D eigenvalue weighted by Crippen LogP contribution is -2.29. The summed E-state index contributed by atoms with van der Waals surface area (Å²) in [5.74, 6) is -0.159. The quantitative estimate of drug-likeness (QED) is 0.732. The van der Waals surface area contributed by atoms with Gasteiger partial charge in [0.05, 0.1) is 6.54 Å². The smallest absolute Gasteiger partial charge is 0.282 e.